The first kappa shape index (κ1) is 11.7. The minimum atomic E-state index is 0.928. The molecule has 0 saturated carbocycles. The van der Waals surface area contributed by atoms with E-state index in [1.165, 1.54) is 11.3 Å². The van der Waals surface area contributed by atoms with Gasteiger partial charge in [0.15, 0.2) is 0 Å². The maximum atomic E-state index is 3.41. The van der Waals surface area contributed by atoms with E-state index in [0.29, 0.717) is 0 Å². The third kappa shape index (κ3) is 4.29. The number of hydrogen-bond donors (Lipinski definition) is 2. The molecular weight excluding hydrogens is 208 g/mol. The van der Waals surface area contributed by atoms with Crippen LogP contribution in [0.1, 0.15) is 5.56 Å². The highest BCUT2D eigenvalue weighted by atomic mass is 14.9. The lowest BCUT2D eigenvalue weighted by Crippen LogP contribution is -2.21. The van der Waals surface area contributed by atoms with E-state index in [2.05, 4.69) is 47.0 Å². The fourth-order valence-corrected chi connectivity index (χ4v) is 1.68. The third-order valence-corrected chi connectivity index (χ3v) is 2.58. The van der Waals surface area contributed by atoms with Crippen LogP contribution < -0.4 is 10.6 Å². The van der Waals surface area contributed by atoms with Gasteiger partial charge in [0.05, 0.1) is 0 Å². The van der Waals surface area contributed by atoms with Crippen LogP contribution in [-0.4, -0.2) is 13.1 Å². The molecule has 0 aliphatic rings. The van der Waals surface area contributed by atoms with Crippen molar-refractivity contribution in [3.8, 4) is 0 Å². The predicted molar refractivity (Wildman–Crippen MR) is 73.1 cm³/mol. The maximum Gasteiger partial charge on any atom is 0.0340 e. The Kier molecular flexibility index (Phi) is 4.61. The van der Waals surface area contributed by atoms with Gasteiger partial charge >= 0.3 is 0 Å². The van der Waals surface area contributed by atoms with Crippen LogP contribution in [0, 0.1) is 0 Å². The summed E-state index contributed by atoms with van der Waals surface area (Å²) in [6, 6.07) is 20.7. The van der Waals surface area contributed by atoms with Crippen molar-refractivity contribution in [1.82, 2.24) is 5.32 Å². The number of anilines is 1. The fourth-order valence-electron chi connectivity index (χ4n) is 1.68. The first-order chi connectivity index (χ1) is 8.45. The van der Waals surface area contributed by atoms with Gasteiger partial charge in [-0.3, -0.25) is 0 Å². The molecule has 0 saturated heterocycles. The fraction of sp³-hybridized carbons (Fsp3) is 0.200. The van der Waals surface area contributed by atoms with Crippen molar-refractivity contribution in [2.24, 2.45) is 0 Å². The van der Waals surface area contributed by atoms with Crippen LogP contribution in [-0.2, 0) is 6.54 Å². The van der Waals surface area contributed by atoms with Crippen LogP contribution in [0.25, 0.3) is 0 Å². The molecule has 88 valence electrons. The van der Waals surface area contributed by atoms with E-state index in [4.69, 9.17) is 0 Å². The number of nitrogens with one attached hydrogen (secondary N) is 2. The molecule has 2 heteroatoms. The minimum absolute atomic E-state index is 0.928. The van der Waals surface area contributed by atoms with E-state index >= 15 is 0 Å². The van der Waals surface area contributed by atoms with Crippen molar-refractivity contribution in [1.29, 1.82) is 0 Å². The highest BCUT2D eigenvalue weighted by Crippen LogP contribution is 2.03. The molecule has 0 spiro atoms. The zero-order valence-electron chi connectivity index (χ0n) is 9.89. The molecule has 2 aromatic carbocycles. The second-order valence-corrected chi connectivity index (χ2v) is 3.96. The van der Waals surface area contributed by atoms with Crippen molar-refractivity contribution in [2.45, 2.75) is 6.54 Å². The van der Waals surface area contributed by atoms with E-state index in [0.717, 1.165) is 19.6 Å². The second kappa shape index (κ2) is 6.71. The molecule has 17 heavy (non-hydrogen) atoms. The summed E-state index contributed by atoms with van der Waals surface area (Å²) in [6.07, 6.45) is 0. The summed E-state index contributed by atoms with van der Waals surface area (Å²) in [5, 5.41) is 6.78. The molecule has 0 radical (unpaired) electrons. The van der Waals surface area contributed by atoms with Gasteiger partial charge in [0.1, 0.15) is 0 Å². The van der Waals surface area contributed by atoms with Crippen molar-refractivity contribution >= 4 is 5.69 Å². The molecule has 0 aliphatic carbocycles. The molecule has 2 nitrogen and oxygen atoms in total. The zero-order valence-corrected chi connectivity index (χ0v) is 9.89. The molecule has 0 fully saturated rings. The molecule has 2 rings (SSSR count). The van der Waals surface area contributed by atoms with Crippen LogP contribution in [0.2, 0.25) is 0 Å². The summed E-state index contributed by atoms with van der Waals surface area (Å²) in [5.74, 6) is 0. The molecular formula is C15H18N2. The Hall–Kier alpha value is -1.80. The number of benzene rings is 2. The third-order valence-electron chi connectivity index (χ3n) is 2.58. The topological polar surface area (TPSA) is 24.1 Å². The highest BCUT2D eigenvalue weighted by Gasteiger charge is 1.91. The monoisotopic (exact) mass is 226 g/mol. The average Bonchev–Trinajstić information content (AvgIpc) is 2.41. The van der Waals surface area contributed by atoms with E-state index in [1.54, 1.807) is 0 Å². The van der Waals surface area contributed by atoms with Crippen molar-refractivity contribution in [2.75, 3.05) is 18.4 Å². The molecule has 2 aromatic rings. The highest BCUT2D eigenvalue weighted by molar-refractivity contribution is 5.42. The minimum Gasteiger partial charge on any atom is -0.384 e. The first-order valence-electron chi connectivity index (χ1n) is 5.99. The SMILES string of the molecule is c1ccc(CNCCNc2ccccc2)cc1. The molecule has 0 bridgehead atoms. The Morgan fingerprint density at radius 2 is 1.35 bits per heavy atom. The van der Waals surface area contributed by atoms with Gasteiger partial charge in [-0.15, -0.1) is 0 Å². The summed E-state index contributed by atoms with van der Waals surface area (Å²) in [7, 11) is 0. The van der Waals surface area contributed by atoms with Gasteiger partial charge < -0.3 is 10.6 Å². The van der Waals surface area contributed by atoms with E-state index in [9.17, 15) is 0 Å². The summed E-state index contributed by atoms with van der Waals surface area (Å²) >= 11 is 0. The number of hydrogen-bond acceptors (Lipinski definition) is 2. The Morgan fingerprint density at radius 1 is 0.706 bits per heavy atom. The van der Waals surface area contributed by atoms with Gasteiger partial charge in [-0.05, 0) is 17.7 Å². The molecule has 0 aliphatic heterocycles. The van der Waals surface area contributed by atoms with Gasteiger partial charge in [-0.1, -0.05) is 48.5 Å². The van der Waals surface area contributed by atoms with Crippen LogP contribution in [0.3, 0.4) is 0 Å². The lowest BCUT2D eigenvalue weighted by molar-refractivity contribution is 0.707. The first-order valence-corrected chi connectivity index (χ1v) is 5.99. The normalized spacial score (nSPS) is 10.1. The van der Waals surface area contributed by atoms with Crippen LogP contribution in [0.15, 0.2) is 60.7 Å². The average molecular weight is 226 g/mol. The molecule has 0 amide bonds. The quantitative estimate of drug-likeness (QED) is 0.740. The van der Waals surface area contributed by atoms with Crippen molar-refractivity contribution in [3.63, 3.8) is 0 Å². The number of para-hydroxylation sites is 1. The van der Waals surface area contributed by atoms with E-state index in [1.807, 2.05) is 24.3 Å². The van der Waals surface area contributed by atoms with Crippen LogP contribution in [0.5, 0.6) is 0 Å². The van der Waals surface area contributed by atoms with E-state index < -0.39 is 0 Å². The second-order valence-electron chi connectivity index (χ2n) is 3.96. The lowest BCUT2D eigenvalue weighted by atomic mass is 10.2. The zero-order chi connectivity index (χ0) is 11.8. The number of rotatable bonds is 6. The Labute approximate surface area is 103 Å². The standard InChI is InChI=1S/C15H18N2/c1-3-7-14(8-4-1)13-16-11-12-17-15-9-5-2-6-10-15/h1-10,16-17H,11-13H2. The predicted octanol–water partition coefficient (Wildman–Crippen LogP) is 2.89. The van der Waals surface area contributed by atoms with Crippen molar-refractivity contribution in [3.05, 3.63) is 66.2 Å². The molecule has 2 N–H and O–H groups in total. The van der Waals surface area contributed by atoms with Gasteiger partial charge in [0.2, 0.25) is 0 Å². The Morgan fingerprint density at radius 3 is 2.06 bits per heavy atom. The molecule has 0 heterocycles. The lowest BCUT2D eigenvalue weighted by Gasteiger charge is -2.07. The van der Waals surface area contributed by atoms with E-state index in [-0.39, 0.29) is 0 Å². The molecule has 0 unspecified atom stereocenters. The summed E-state index contributed by atoms with van der Waals surface area (Å²) in [4.78, 5) is 0. The summed E-state index contributed by atoms with van der Waals surface area (Å²) in [5.41, 5.74) is 2.50. The van der Waals surface area contributed by atoms with Gasteiger partial charge in [-0.2, -0.15) is 0 Å². The largest absolute Gasteiger partial charge is 0.384 e. The van der Waals surface area contributed by atoms with Crippen LogP contribution >= 0.6 is 0 Å². The molecule has 0 aromatic heterocycles. The molecule has 0 atom stereocenters. The van der Waals surface area contributed by atoms with Gasteiger partial charge in [0, 0.05) is 25.3 Å². The summed E-state index contributed by atoms with van der Waals surface area (Å²) in [6.45, 7) is 2.83. The van der Waals surface area contributed by atoms with Gasteiger partial charge in [0.25, 0.3) is 0 Å². The smallest absolute Gasteiger partial charge is 0.0340 e. The summed E-state index contributed by atoms with van der Waals surface area (Å²) < 4.78 is 0. The maximum absolute atomic E-state index is 3.41. The Bertz CT molecular complexity index is 370. The Balaban J connectivity index is 1.61. The van der Waals surface area contributed by atoms with Gasteiger partial charge in [-0.25, -0.2) is 0 Å². The van der Waals surface area contributed by atoms with Crippen LogP contribution in [0.4, 0.5) is 5.69 Å². The van der Waals surface area contributed by atoms with Crippen molar-refractivity contribution < 1.29 is 0 Å².